The summed E-state index contributed by atoms with van der Waals surface area (Å²) in [5, 5.41) is 16.7. The second kappa shape index (κ2) is 4.01. The molecule has 0 aliphatic rings. The van der Waals surface area contributed by atoms with Crippen LogP contribution in [0, 0.1) is 13.8 Å². The fourth-order valence-electron chi connectivity index (χ4n) is 1.76. The Balaban J connectivity index is 2.69. The summed E-state index contributed by atoms with van der Waals surface area (Å²) in [5.41, 5.74) is 8.82. The number of rotatable bonds is 2. The van der Waals surface area contributed by atoms with Gasteiger partial charge in [-0.05, 0) is 31.0 Å². The highest BCUT2D eigenvalue weighted by molar-refractivity contribution is 5.74. The molecule has 0 aliphatic carbocycles. The van der Waals surface area contributed by atoms with Gasteiger partial charge in [-0.15, -0.1) is 0 Å². The molecule has 0 unspecified atom stereocenters. The molecule has 90 valence electrons. The number of aryl methyl sites for hydroxylation is 1. The molecule has 0 spiro atoms. The number of phenols is 1. The van der Waals surface area contributed by atoms with Gasteiger partial charge in [0.05, 0.1) is 12.8 Å². The zero-order valence-corrected chi connectivity index (χ0v) is 10.0. The molecular weight excluding hydrogens is 218 g/mol. The van der Waals surface area contributed by atoms with Crippen molar-refractivity contribution >= 4 is 5.82 Å². The summed E-state index contributed by atoms with van der Waals surface area (Å²) in [4.78, 5) is 0. The van der Waals surface area contributed by atoms with Crippen LogP contribution in [-0.2, 0) is 0 Å². The van der Waals surface area contributed by atoms with Crippen LogP contribution in [0.2, 0.25) is 0 Å². The molecule has 0 bridgehead atoms. The number of aromatic amines is 1. The third kappa shape index (κ3) is 1.80. The molecular formula is C12H15N3O2. The molecule has 1 aromatic carbocycles. The smallest absolute Gasteiger partial charge is 0.170 e. The molecule has 2 aromatic rings. The third-order valence-corrected chi connectivity index (χ3v) is 2.86. The van der Waals surface area contributed by atoms with Gasteiger partial charge in [-0.25, -0.2) is 0 Å². The molecule has 1 aromatic heterocycles. The fraction of sp³-hybridized carbons (Fsp3) is 0.250. The third-order valence-electron chi connectivity index (χ3n) is 2.86. The highest BCUT2D eigenvalue weighted by atomic mass is 16.5. The molecule has 17 heavy (non-hydrogen) atoms. The van der Waals surface area contributed by atoms with Crippen molar-refractivity contribution in [3.63, 3.8) is 0 Å². The molecule has 0 saturated carbocycles. The Morgan fingerprint density at radius 2 is 2.06 bits per heavy atom. The Bertz CT molecular complexity index is 561. The Labute approximate surface area is 99.2 Å². The van der Waals surface area contributed by atoms with Crippen molar-refractivity contribution in [2.45, 2.75) is 13.8 Å². The zero-order valence-electron chi connectivity index (χ0n) is 10.0. The van der Waals surface area contributed by atoms with Crippen molar-refractivity contribution < 1.29 is 9.84 Å². The first-order valence-electron chi connectivity index (χ1n) is 5.23. The Kier molecular flexibility index (Phi) is 2.67. The number of nitrogens with two attached hydrogens (primary N) is 1. The van der Waals surface area contributed by atoms with Crippen molar-refractivity contribution in [1.29, 1.82) is 0 Å². The summed E-state index contributed by atoms with van der Waals surface area (Å²) >= 11 is 0. The largest absolute Gasteiger partial charge is 0.504 e. The molecule has 0 amide bonds. The number of nitrogen functional groups attached to an aromatic ring is 1. The van der Waals surface area contributed by atoms with Crippen molar-refractivity contribution in [3.8, 4) is 22.8 Å². The van der Waals surface area contributed by atoms with E-state index in [2.05, 4.69) is 10.2 Å². The van der Waals surface area contributed by atoms with Gasteiger partial charge in [-0.3, -0.25) is 5.10 Å². The number of aromatic nitrogens is 2. The van der Waals surface area contributed by atoms with Gasteiger partial charge in [0, 0.05) is 11.6 Å². The van der Waals surface area contributed by atoms with Gasteiger partial charge in [-0.2, -0.15) is 5.10 Å². The van der Waals surface area contributed by atoms with Gasteiger partial charge < -0.3 is 15.6 Å². The Morgan fingerprint density at radius 1 is 1.35 bits per heavy atom. The lowest BCUT2D eigenvalue weighted by Crippen LogP contribution is -1.93. The quantitative estimate of drug-likeness (QED) is 0.740. The summed E-state index contributed by atoms with van der Waals surface area (Å²) < 4.78 is 5.24. The number of benzene rings is 1. The zero-order chi connectivity index (χ0) is 12.6. The van der Waals surface area contributed by atoms with E-state index in [9.17, 15) is 5.11 Å². The van der Waals surface area contributed by atoms with E-state index in [0.29, 0.717) is 11.6 Å². The number of anilines is 1. The molecule has 0 radical (unpaired) electrons. The van der Waals surface area contributed by atoms with Crippen LogP contribution in [0.15, 0.2) is 12.1 Å². The number of nitrogens with zero attached hydrogens (tertiary/aromatic N) is 1. The van der Waals surface area contributed by atoms with Gasteiger partial charge in [0.1, 0.15) is 5.82 Å². The standard InChI is InChI=1S/C12H15N3O2/c1-6-4-8(9-5-10(13)15-14-9)12(17-3)11(16)7(6)2/h4-5,16H,1-3H3,(H3,13,14,15). The van der Waals surface area contributed by atoms with Gasteiger partial charge >= 0.3 is 0 Å². The second-order valence-electron chi connectivity index (χ2n) is 3.95. The van der Waals surface area contributed by atoms with E-state index >= 15 is 0 Å². The normalized spacial score (nSPS) is 10.5. The summed E-state index contributed by atoms with van der Waals surface area (Å²) in [6.07, 6.45) is 0. The van der Waals surface area contributed by atoms with Crippen LogP contribution in [0.25, 0.3) is 11.3 Å². The van der Waals surface area contributed by atoms with E-state index < -0.39 is 0 Å². The maximum atomic E-state index is 10.0. The molecule has 1 heterocycles. The molecule has 0 fully saturated rings. The fourth-order valence-corrected chi connectivity index (χ4v) is 1.76. The number of H-pyrrole nitrogens is 1. The van der Waals surface area contributed by atoms with E-state index in [4.69, 9.17) is 10.5 Å². The highest BCUT2D eigenvalue weighted by Crippen LogP contribution is 2.40. The summed E-state index contributed by atoms with van der Waals surface area (Å²) in [5.74, 6) is 0.979. The molecule has 5 nitrogen and oxygen atoms in total. The SMILES string of the molecule is COc1c(-c2cc(N)n[nH]2)cc(C)c(C)c1O. The number of phenolic OH excluding ortho intramolecular Hbond substituents is 1. The maximum absolute atomic E-state index is 10.0. The van der Waals surface area contributed by atoms with Crippen LogP contribution in [0.4, 0.5) is 5.82 Å². The second-order valence-corrected chi connectivity index (χ2v) is 3.95. The van der Waals surface area contributed by atoms with Crippen LogP contribution in [0.3, 0.4) is 0 Å². The minimum Gasteiger partial charge on any atom is -0.504 e. The number of ether oxygens (including phenoxy) is 1. The van der Waals surface area contributed by atoms with E-state index in [-0.39, 0.29) is 5.75 Å². The summed E-state index contributed by atoms with van der Waals surface area (Å²) in [7, 11) is 1.52. The first-order chi connectivity index (χ1) is 8.04. The van der Waals surface area contributed by atoms with Gasteiger partial charge in [0.15, 0.2) is 11.5 Å². The Morgan fingerprint density at radius 3 is 2.59 bits per heavy atom. The minimum atomic E-state index is 0.149. The maximum Gasteiger partial charge on any atom is 0.170 e. The molecule has 2 rings (SSSR count). The average molecular weight is 233 g/mol. The molecule has 5 heteroatoms. The average Bonchev–Trinajstić information content (AvgIpc) is 2.72. The van der Waals surface area contributed by atoms with Gasteiger partial charge in [-0.1, -0.05) is 0 Å². The van der Waals surface area contributed by atoms with Crippen LogP contribution in [-0.4, -0.2) is 22.4 Å². The molecule has 0 atom stereocenters. The molecule has 0 saturated heterocycles. The molecule has 0 aliphatic heterocycles. The lowest BCUT2D eigenvalue weighted by atomic mass is 10.0. The summed E-state index contributed by atoms with van der Waals surface area (Å²) in [6.45, 7) is 3.77. The first kappa shape index (κ1) is 11.3. The lowest BCUT2D eigenvalue weighted by molar-refractivity contribution is 0.373. The van der Waals surface area contributed by atoms with E-state index in [1.165, 1.54) is 7.11 Å². The van der Waals surface area contributed by atoms with Gasteiger partial charge in [0.2, 0.25) is 0 Å². The number of methoxy groups -OCH3 is 1. The van der Waals surface area contributed by atoms with Crippen molar-refractivity contribution in [1.82, 2.24) is 10.2 Å². The number of nitrogens with one attached hydrogen (secondary N) is 1. The first-order valence-corrected chi connectivity index (χ1v) is 5.23. The topological polar surface area (TPSA) is 84.2 Å². The lowest BCUT2D eigenvalue weighted by Gasteiger charge is -2.13. The predicted molar refractivity (Wildman–Crippen MR) is 66.1 cm³/mol. The van der Waals surface area contributed by atoms with Crippen LogP contribution in [0.1, 0.15) is 11.1 Å². The highest BCUT2D eigenvalue weighted by Gasteiger charge is 2.16. The predicted octanol–water partition coefficient (Wildman–Crippen LogP) is 1.99. The van der Waals surface area contributed by atoms with E-state index in [1.54, 1.807) is 6.07 Å². The van der Waals surface area contributed by atoms with Crippen LogP contribution in [0.5, 0.6) is 11.5 Å². The summed E-state index contributed by atoms with van der Waals surface area (Å²) in [6, 6.07) is 3.63. The number of hydrogen-bond donors (Lipinski definition) is 3. The number of hydrogen-bond acceptors (Lipinski definition) is 4. The number of aromatic hydroxyl groups is 1. The Hall–Kier alpha value is -2.17. The van der Waals surface area contributed by atoms with Crippen LogP contribution < -0.4 is 10.5 Å². The van der Waals surface area contributed by atoms with Gasteiger partial charge in [0.25, 0.3) is 0 Å². The van der Waals surface area contributed by atoms with E-state index in [1.807, 2.05) is 19.9 Å². The van der Waals surface area contributed by atoms with Crippen molar-refractivity contribution in [2.24, 2.45) is 0 Å². The van der Waals surface area contributed by atoms with Crippen LogP contribution >= 0.6 is 0 Å². The minimum absolute atomic E-state index is 0.149. The van der Waals surface area contributed by atoms with E-state index in [0.717, 1.165) is 22.4 Å². The monoisotopic (exact) mass is 233 g/mol. The van der Waals surface area contributed by atoms with Crippen molar-refractivity contribution in [3.05, 3.63) is 23.3 Å². The van der Waals surface area contributed by atoms with Crippen molar-refractivity contribution in [2.75, 3.05) is 12.8 Å². The molecule has 4 N–H and O–H groups in total.